The molecule has 2 atom stereocenters. The first-order valence-corrected chi connectivity index (χ1v) is 13.7. The number of methoxy groups -OCH3 is 2. The number of anilines is 2. The smallest absolute Gasteiger partial charge is 0.231 e. The normalized spacial score (nSPS) is 16.3. The van der Waals surface area contributed by atoms with E-state index in [4.69, 9.17) is 9.47 Å². The highest BCUT2D eigenvalue weighted by Gasteiger charge is 2.27. The van der Waals surface area contributed by atoms with Crippen LogP contribution in [-0.4, -0.2) is 56.4 Å². The van der Waals surface area contributed by atoms with Gasteiger partial charge in [0.05, 0.1) is 49.8 Å². The fourth-order valence-electron chi connectivity index (χ4n) is 5.14. The van der Waals surface area contributed by atoms with Crippen LogP contribution in [0.15, 0.2) is 60.9 Å². The van der Waals surface area contributed by atoms with E-state index in [1.165, 1.54) is 0 Å². The van der Waals surface area contributed by atoms with Crippen molar-refractivity contribution in [1.82, 2.24) is 30.4 Å². The zero-order valence-electron chi connectivity index (χ0n) is 23.5. The Kier molecular flexibility index (Phi) is 9.22. The van der Waals surface area contributed by atoms with Crippen molar-refractivity contribution < 1.29 is 19.1 Å². The molecule has 216 valence electrons. The SMILES string of the molecule is COc1cccnc1CC(=O)Nc1ccc([C@@H]2CCC[C@@H](c3ccc(NC(=O)Cc4ncccc4OC)nn3)C2)nn1. The van der Waals surface area contributed by atoms with Crippen molar-refractivity contribution in [2.45, 2.75) is 50.4 Å². The maximum Gasteiger partial charge on any atom is 0.231 e. The molecule has 0 bridgehead atoms. The first-order valence-electron chi connectivity index (χ1n) is 13.7. The summed E-state index contributed by atoms with van der Waals surface area (Å²) in [5.41, 5.74) is 2.87. The molecule has 12 nitrogen and oxygen atoms in total. The van der Waals surface area contributed by atoms with Crippen molar-refractivity contribution in [3.8, 4) is 11.5 Å². The minimum Gasteiger partial charge on any atom is -0.495 e. The van der Waals surface area contributed by atoms with Gasteiger partial charge >= 0.3 is 0 Å². The maximum absolute atomic E-state index is 12.5. The first kappa shape index (κ1) is 28.5. The van der Waals surface area contributed by atoms with E-state index in [1.54, 1.807) is 63.0 Å². The average Bonchev–Trinajstić information content (AvgIpc) is 3.02. The highest BCUT2D eigenvalue weighted by atomic mass is 16.5. The number of ether oxygens (including phenoxy) is 2. The van der Waals surface area contributed by atoms with Gasteiger partial charge in [0.15, 0.2) is 11.6 Å². The largest absolute Gasteiger partial charge is 0.495 e. The van der Waals surface area contributed by atoms with Gasteiger partial charge in [-0.1, -0.05) is 6.42 Å². The summed E-state index contributed by atoms with van der Waals surface area (Å²) >= 11 is 0. The number of pyridine rings is 2. The van der Waals surface area contributed by atoms with Gasteiger partial charge in [0.2, 0.25) is 11.8 Å². The lowest BCUT2D eigenvalue weighted by Crippen LogP contribution is -2.19. The Hall–Kier alpha value is -5.00. The summed E-state index contributed by atoms with van der Waals surface area (Å²) in [7, 11) is 3.09. The molecular weight excluding hydrogens is 536 g/mol. The molecule has 2 amide bonds. The fourth-order valence-corrected chi connectivity index (χ4v) is 5.14. The second-order valence-electron chi connectivity index (χ2n) is 10.0. The number of nitrogens with one attached hydrogen (secondary N) is 2. The predicted molar refractivity (Wildman–Crippen MR) is 154 cm³/mol. The monoisotopic (exact) mass is 568 g/mol. The molecule has 1 aliphatic carbocycles. The topological polar surface area (TPSA) is 154 Å². The Morgan fingerprint density at radius 3 is 1.60 bits per heavy atom. The number of carbonyl (C=O) groups is 2. The zero-order chi connectivity index (χ0) is 29.3. The lowest BCUT2D eigenvalue weighted by Gasteiger charge is -2.28. The van der Waals surface area contributed by atoms with E-state index in [0.29, 0.717) is 34.5 Å². The van der Waals surface area contributed by atoms with Crippen LogP contribution in [-0.2, 0) is 22.4 Å². The molecule has 2 N–H and O–H groups in total. The molecule has 12 heteroatoms. The molecule has 5 rings (SSSR count). The molecule has 0 radical (unpaired) electrons. The van der Waals surface area contributed by atoms with Crippen LogP contribution in [0.25, 0.3) is 0 Å². The highest BCUT2D eigenvalue weighted by Crippen LogP contribution is 2.40. The molecule has 1 aliphatic rings. The zero-order valence-corrected chi connectivity index (χ0v) is 23.5. The third-order valence-corrected chi connectivity index (χ3v) is 7.21. The van der Waals surface area contributed by atoms with E-state index in [0.717, 1.165) is 37.1 Å². The van der Waals surface area contributed by atoms with E-state index in [2.05, 4.69) is 41.0 Å². The van der Waals surface area contributed by atoms with E-state index >= 15 is 0 Å². The second kappa shape index (κ2) is 13.6. The lowest BCUT2D eigenvalue weighted by molar-refractivity contribution is -0.116. The number of nitrogens with zero attached hydrogens (tertiary/aromatic N) is 6. The Labute approximate surface area is 243 Å². The van der Waals surface area contributed by atoms with Gasteiger partial charge in [-0.25, -0.2) is 0 Å². The van der Waals surface area contributed by atoms with Crippen LogP contribution in [0.2, 0.25) is 0 Å². The van der Waals surface area contributed by atoms with Crippen LogP contribution in [0.3, 0.4) is 0 Å². The summed E-state index contributed by atoms with van der Waals surface area (Å²) in [5, 5.41) is 22.9. The van der Waals surface area contributed by atoms with Crippen LogP contribution in [0.4, 0.5) is 11.6 Å². The van der Waals surface area contributed by atoms with Gasteiger partial charge in [-0.3, -0.25) is 19.6 Å². The van der Waals surface area contributed by atoms with Crippen molar-refractivity contribution in [1.29, 1.82) is 0 Å². The van der Waals surface area contributed by atoms with Gasteiger partial charge in [-0.2, -0.15) is 10.2 Å². The second-order valence-corrected chi connectivity index (χ2v) is 10.0. The summed E-state index contributed by atoms with van der Waals surface area (Å²) in [6.45, 7) is 0. The Morgan fingerprint density at radius 2 is 1.19 bits per heavy atom. The maximum atomic E-state index is 12.5. The summed E-state index contributed by atoms with van der Waals surface area (Å²) in [6, 6.07) is 14.4. The summed E-state index contributed by atoms with van der Waals surface area (Å²) in [6.07, 6.45) is 7.26. The first-order chi connectivity index (χ1) is 20.5. The van der Waals surface area contributed by atoms with Crippen LogP contribution >= 0.6 is 0 Å². The van der Waals surface area contributed by atoms with Crippen LogP contribution in [0.1, 0.15) is 60.3 Å². The minimum absolute atomic E-state index is 0.0697. The van der Waals surface area contributed by atoms with Crippen LogP contribution in [0.5, 0.6) is 11.5 Å². The van der Waals surface area contributed by atoms with Gasteiger partial charge in [-0.15, -0.1) is 10.2 Å². The molecule has 42 heavy (non-hydrogen) atoms. The van der Waals surface area contributed by atoms with E-state index < -0.39 is 0 Å². The molecule has 0 aliphatic heterocycles. The standard InChI is InChI=1S/C30H32N8O4/c1-41-25-8-4-14-31-23(25)17-29(39)33-27-12-10-21(35-37-27)19-6-3-7-20(16-19)22-11-13-28(38-36-22)34-30(40)18-24-26(42-2)9-5-15-32-24/h4-5,8-15,19-20H,3,6-7,16-18H2,1-2H3,(H,33,37,39)(H,34,38,40)/t19-,20-/m1/s1. The predicted octanol–water partition coefficient (Wildman–Crippen LogP) is 3.88. The molecule has 4 aromatic heterocycles. The average molecular weight is 569 g/mol. The lowest BCUT2D eigenvalue weighted by atomic mass is 9.78. The van der Waals surface area contributed by atoms with Crippen molar-refractivity contribution in [2.24, 2.45) is 0 Å². The Morgan fingerprint density at radius 1 is 0.714 bits per heavy atom. The number of aromatic nitrogens is 6. The summed E-state index contributed by atoms with van der Waals surface area (Å²) in [4.78, 5) is 33.5. The molecule has 0 spiro atoms. The molecule has 1 saturated carbocycles. The molecule has 4 heterocycles. The Balaban J connectivity index is 1.14. The number of hydrogen-bond acceptors (Lipinski definition) is 10. The number of carbonyl (C=O) groups excluding carboxylic acids is 2. The highest BCUT2D eigenvalue weighted by molar-refractivity contribution is 5.92. The Bertz CT molecular complexity index is 1400. The molecule has 0 saturated heterocycles. The van der Waals surface area contributed by atoms with E-state index in [9.17, 15) is 9.59 Å². The van der Waals surface area contributed by atoms with Gasteiger partial charge in [0, 0.05) is 24.2 Å². The molecule has 0 unspecified atom stereocenters. The third kappa shape index (κ3) is 7.19. The van der Waals surface area contributed by atoms with Crippen molar-refractivity contribution in [2.75, 3.05) is 24.9 Å². The van der Waals surface area contributed by atoms with Gasteiger partial charge in [0.25, 0.3) is 0 Å². The van der Waals surface area contributed by atoms with Gasteiger partial charge in [-0.05, 0) is 67.8 Å². The van der Waals surface area contributed by atoms with Crippen molar-refractivity contribution >= 4 is 23.5 Å². The number of rotatable bonds is 10. The quantitative estimate of drug-likeness (QED) is 0.288. The van der Waals surface area contributed by atoms with Crippen LogP contribution in [0, 0.1) is 0 Å². The van der Waals surface area contributed by atoms with Gasteiger partial charge in [0.1, 0.15) is 11.5 Å². The number of hydrogen-bond donors (Lipinski definition) is 2. The molecule has 1 fully saturated rings. The van der Waals surface area contributed by atoms with E-state index in [1.807, 2.05) is 12.1 Å². The van der Waals surface area contributed by atoms with Crippen LogP contribution < -0.4 is 20.1 Å². The fraction of sp³-hybridized carbons (Fsp3) is 0.333. The molecule has 0 aromatic carbocycles. The van der Waals surface area contributed by atoms with Crippen molar-refractivity contribution in [3.63, 3.8) is 0 Å². The molecular formula is C30H32N8O4. The van der Waals surface area contributed by atoms with E-state index in [-0.39, 0.29) is 36.5 Å². The van der Waals surface area contributed by atoms with Crippen molar-refractivity contribution in [3.05, 3.63) is 83.7 Å². The van der Waals surface area contributed by atoms with Gasteiger partial charge < -0.3 is 20.1 Å². The summed E-state index contributed by atoms with van der Waals surface area (Å²) in [5.74, 6) is 1.83. The molecule has 4 aromatic rings. The summed E-state index contributed by atoms with van der Waals surface area (Å²) < 4.78 is 10.5. The minimum atomic E-state index is -0.249. The third-order valence-electron chi connectivity index (χ3n) is 7.21. The number of amides is 2.